The lowest BCUT2D eigenvalue weighted by atomic mass is 10.1. The van der Waals surface area contributed by atoms with Gasteiger partial charge in [0.05, 0.1) is 40.6 Å². The van der Waals surface area contributed by atoms with Crippen LogP contribution >= 0.6 is 0 Å². The number of fused-ring (bicyclic) bond motifs is 2. The number of phenolic OH excluding ortho intramolecular Hbond substituents is 2. The zero-order chi connectivity index (χ0) is 64.2. The number of aromatic nitrogens is 6. The van der Waals surface area contributed by atoms with Crippen LogP contribution in [0.4, 0.5) is 69.8 Å². The van der Waals surface area contributed by atoms with E-state index in [-0.39, 0.29) is 137 Å². The Bertz CT molecular complexity index is 4380. The second-order valence-corrected chi connectivity index (χ2v) is 21.6. The summed E-state index contributed by atoms with van der Waals surface area (Å²) in [5.41, 5.74) is 9.01. The minimum absolute atomic E-state index is 0.0560. The van der Waals surface area contributed by atoms with Crippen molar-refractivity contribution in [2.24, 2.45) is 20.5 Å². The van der Waals surface area contributed by atoms with Crippen molar-refractivity contribution in [2.75, 3.05) is 72.6 Å². The monoisotopic (exact) mass is 1310 g/mol. The van der Waals surface area contributed by atoms with E-state index in [0.717, 1.165) is 36.4 Å². The molecule has 0 amide bonds. The molecule has 16 N–H and O–H groups in total. The lowest BCUT2D eigenvalue weighted by molar-refractivity contribution is -0.130. The summed E-state index contributed by atoms with van der Waals surface area (Å²) in [7, 11) is -10.1. The van der Waals surface area contributed by atoms with Gasteiger partial charge in [-0.3, -0.25) is 18.2 Å². The van der Waals surface area contributed by atoms with Crippen LogP contribution in [0.15, 0.2) is 115 Å². The molecule has 8 rings (SSSR count). The number of carbonyl (C=O) groups is 2. The second-order valence-electron chi connectivity index (χ2n) is 17.6. The summed E-state index contributed by atoms with van der Waals surface area (Å²) < 4.78 is 139. The maximum absolute atomic E-state index is 12.6. The number of nitrogens with zero attached hydrogens (tertiary/aromatic N) is 10. The van der Waals surface area contributed by atoms with E-state index < -0.39 is 93.3 Å². The number of nitrogens with two attached hydrogens (primary N) is 2. The minimum Gasteiger partial charge on any atom is -0.505 e. The van der Waals surface area contributed by atoms with Crippen molar-refractivity contribution >= 4 is 146 Å². The summed E-state index contributed by atoms with van der Waals surface area (Å²) in [5, 5.41) is 68.2. The highest BCUT2D eigenvalue weighted by molar-refractivity contribution is 7.86. The Labute approximate surface area is 504 Å². The minimum atomic E-state index is -5.18. The molecule has 468 valence electrons. The molecule has 2 heterocycles. The molecule has 0 saturated carbocycles. The van der Waals surface area contributed by atoms with Gasteiger partial charge in [-0.1, -0.05) is 24.3 Å². The fraction of sp³-hybridized carbons (Fsp3) is 0.167. The van der Waals surface area contributed by atoms with Crippen molar-refractivity contribution in [1.29, 1.82) is 0 Å². The van der Waals surface area contributed by atoms with E-state index in [9.17, 15) is 73.5 Å². The predicted molar refractivity (Wildman–Crippen MR) is 313 cm³/mol. The number of aromatic carboxylic acids is 2. The van der Waals surface area contributed by atoms with Crippen molar-refractivity contribution in [3.05, 3.63) is 96.1 Å². The Hall–Kier alpha value is -10.1. The first-order chi connectivity index (χ1) is 42.3. The molecule has 8 aromatic rings. The highest BCUT2D eigenvalue weighted by Crippen LogP contribution is 2.49. The Morgan fingerprint density at radius 1 is 0.562 bits per heavy atom. The number of azo groups is 2. The number of ether oxygens (including phenoxy) is 3. The number of phenols is 2. The SMILES string of the molecule is Nc1nc(NCCCOCOCOCCCNc2nc(N)nc(Nc3cc(OS(=O)O)cc4cc(S(=O)(=O)O)c(N=Nc5ccccc5C(=O)O)c(O)c34)n2)nc(Nc2cc(S(=O)(=O)O)cc3cc(OS(=O)O)c(N=Nc4ccccc4C(=O)O)c(O)c23)n1. The number of benzene rings is 6. The first-order valence-electron chi connectivity index (χ1n) is 24.8. The largest absolute Gasteiger partial charge is 0.505 e. The maximum atomic E-state index is 12.6. The summed E-state index contributed by atoms with van der Waals surface area (Å²) in [4.78, 5) is 46.5. The third-order valence-corrected chi connectivity index (χ3v) is 13.9. The van der Waals surface area contributed by atoms with Crippen LogP contribution in [0, 0.1) is 0 Å². The van der Waals surface area contributed by atoms with Gasteiger partial charge in [0.25, 0.3) is 20.2 Å². The first kappa shape index (κ1) is 64.9. The van der Waals surface area contributed by atoms with Crippen molar-refractivity contribution < 1.29 is 96.1 Å². The topological polar surface area (TPSA) is 571 Å². The van der Waals surface area contributed by atoms with Crippen molar-refractivity contribution in [1.82, 2.24) is 29.9 Å². The molecule has 0 radical (unpaired) electrons. The van der Waals surface area contributed by atoms with Crippen LogP contribution in [0.1, 0.15) is 33.6 Å². The Morgan fingerprint density at radius 3 is 1.53 bits per heavy atom. The summed E-state index contributed by atoms with van der Waals surface area (Å²) in [6.45, 7) is 0.391. The van der Waals surface area contributed by atoms with Crippen molar-refractivity contribution in [2.45, 2.75) is 22.6 Å². The normalized spacial score (nSPS) is 12.5. The summed E-state index contributed by atoms with van der Waals surface area (Å²) in [6, 6.07) is 16.5. The van der Waals surface area contributed by atoms with Gasteiger partial charge in [0, 0.05) is 29.9 Å². The molecule has 37 nitrogen and oxygen atoms in total. The summed E-state index contributed by atoms with van der Waals surface area (Å²) in [5.74, 6) is -6.78. The third kappa shape index (κ3) is 17.1. The molecule has 0 aliphatic rings. The average Bonchev–Trinajstić information content (AvgIpc) is 0.914. The quantitative estimate of drug-likeness (QED) is 0.00756. The molecule has 0 aliphatic heterocycles. The fourth-order valence-electron chi connectivity index (χ4n) is 7.93. The van der Waals surface area contributed by atoms with Crippen molar-refractivity contribution in [3.8, 4) is 23.0 Å². The molecular formula is C48H46N16O21S4. The fourth-order valence-corrected chi connectivity index (χ4v) is 9.67. The number of nitrogen functional groups attached to an aromatic ring is 2. The Morgan fingerprint density at radius 2 is 1.03 bits per heavy atom. The van der Waals surface area contributed by atoms with Crippen LogP contribution in [0.25, 0.3) is 21.5 Å². The first-order valence-corrected chi connectivity index (χ1v) is 29.7. The Balaban J connectivity index is 0.830. The van der Waals surface area contributed by atoms with E-state index in [0.29, 0.717) is 12.8 Å². The van der Waals surface area contributed by atoms with E-state index in [1.54, 1.807) is 0 Å². The predicted octanol–water partition coefficient (Wildman–Crippen LogP) is 6.45. The molecule has 2 aromatic heterocycles. The molecule has 2 unspecified atom stereocenters. The van der Waals surface area contributed by atoms with Crippen LogP contribution in [0.5, 0.6) is 23.0 Å². The smallest absolute Gasteiger partial charge is 0.357 e. The number of aromatic hydroxyl groups is 2. The molecule has 89 heavy (non-hydrogen) atoms. The van der Waals surface area contributed by atoms with Gasteiger partial charge in [0.1, 0.15) is 41.3 Å². The van der Waals surface area contributed by atoms with E-state index >= 15 is 0 Å². The molecule has 6 aromatic carbocycles. The standard InChI is InChI=1S/C48H46N16O21S4/c49-43-55-45(59-47(57-43)53-31-19-25(84-86(71)72)15-23-18-34(89(78,79)80)38(40(66)35(23)31)64-62-30-10-4-2-8-28(30)42(69)70)51-11-5-13-81-21-83-22-82-14-6-12-52-46-56-44(50)58-48(60-46)54-32-20-26(88(75,76)77)16-24-17-33(85-87(73)74)37(39(65)36(24)32)63-61-29-9-3-1-7-27(29)41(67)68/h1-4,7-10,15-20,65-66H,5-6,11-14,21-22H2,(H,67,68)(H,69,70)(H,71,72)(H,73,74)(H,75,76,77)(H,78,79,80)(H4,49,51,53,55,57,59)(H4,50,52,54,56,58,60). The molecule has 0 spiro atoms. The van der Waals surface area contributed by atoms with E-state index in [1.165, 1.54) is 48.5 Å². The lowest BCUT2D eigenvalue weighted by Gasteiger charge is -2.15. The molecule has 0 aliphatic carbocycles. The lowest BCUT2D eigenvalue weighted by Crippen LogP contribution is -2.13. The number of hydrogen-bond acceptors (Lipinski definition) is 31. The average molecular weight is 1310 g/mol. The molecular weight excluding hydrogens is 1260 g/mol. The van der Waals surface area contributed by atoms with E-state index in [2.05, 4.69) is 71.6 Å². The zero-order valence-corrected chi connectivity index (χ0v) is 48.2. The highest BCUT2D eigenvalue weighted by atomic mass is 32.2. The molecule has 41 heteroatoms. The molecule has 0 bridgehead atoms. The number of carboxylic acids is 2. The zero-order valence-electron chi connectivity index (χ0n) is 44.9. The maximum Gasteiger partial charge on any atom is 0.357 e. The summed E-state index contributed by atoms with van der Waals surface area (Å²) in [6.07, 6.45) is 0.729. The van der Waals surface area contributed by atoms with Gasteiger partial charge >= 0.3 is 34.7 Å². The van der Waals surface area contributed by atoms with Gasteiger partial charge in [0.15, 0.2) is 22.9 Å². The second kappa shape index (κ2) is 28.6. The van der Waals surface area contributed by atoms with E-state index in [1.807, 2.05) is 0 Å². The van der Waals surface area contributed by atoms with Crippen molar-refractivity contribution in [3.63, 3.8) is 0 Å². The van der Waals surface area contributed by atoms with Gasteiger partial charge in [-0.25, -0.2) is 9.59 Å². The number of anilines is 8. The van der Waals surface area contributed by atoms with Gasteiger partial charge < -0.3 is 75.7 Å². The number of carboxylic acid groups (broad SMARTS) is 2. The van der Waals surface area contributed by atoms with E-state index in [4.69, 9.17) is 34.0 Å². The molecule has 0 fully saturated rings. The number of hydrogen-bond donors (Lipinski definition) is 14. The van der Waals surface area contributed by atoms with Gasteiger partial charge in [-0.05, 0) is 78.2 Å². The highest BCUT2D eigenvalue weighted by Gasteiger charge is 2.27. The van der Waals surface area contributed by atoms with Crippen LogP contribution < -0.4 is 41.1 Å². The van der Waals surface area contributed by atoms with Crippen LogP contribution in [0.3, 0.4) is 0 Å². The van der Waals surface area contributed by atoms with Crippen LogP contribution in [-0.4, -0.2) is 146 Å². The van der Waals surface area contributed by atoms with Gasteiger partial charge in [-0.15, -0.1) is 20.5 Å². The van der Waals surface area contributed by atoms with Crippen LogP contribution in [0.2, 0.25) is 0 Å². The van der Waals surface area contributed by atoms with Crippen LogP contribution in [-0.2, 0) is 57.2 Å². The molecule has 2 atom stereocenters. The third-order valence-electron chi connectivity index (χ3n) is 11.6. The summed E-state index contributed by atoms with van der Waals surface area (Å²) >= 11 is -5.93. The Kier molecular flexibility index (Phi) is 20.9. The number of rotatable bonds is 30. The molecule has 0 saturated heterocycles. The number of nitrogens with one attached hydrogen (secondary N) is 4. The van der Waals surface area contributed by atoms with Gasteiger partial charge in [0.2, 0.25) is 35.7 Å². The van der Waals surface area contributed by atoms with Gasteiger partial charge in [-0.2, -0.15) is 55.2 Å².